The highest BCUT2D eigenvalue weighted by Gasteiger charge is 2.28. The summed E-state index contributed by atoms with van der Waals surface area (Å²) in [6, 6.07) is 10.1. The molecule has 1 aliphatic heterocycles. The lowest BCUT2D eigenvalue weighted by atomic mass is 10.0. The molecular formula is C32H32F2N4O5. The molecule has 1 aliphatic rings. The van der Waals surface area contributed by atoms with Gasteiger partial charge in [0, 0.05) is 61.1 Å². The number of aromatic nitrogens is 1. The fourth-order valence-electron chi connectivity index (χ4n) is 5.14. The first-order chi connectivity index (χ1) is 20.8. The predicted octanol–water partition coefficient (Wildman–Crippen LogP) is 5.21. The van der Waals surface area contributed by atoms with E-state index in [4.69, 9.17) is 13.9 Å². The number of ketones is 1. The molecule has 1 amide bonds. The first-order valence-electron chi connectivity index (χ1n) is 13.8. The third-order valence-corrected chi connectivity index (χ3v) is 7.58. The summed E-state index contributed by atoms with van der Waals surface area (Å²) >= 11 is 0. The number of fused-ring (bicyclic) bond motifs is 1. The van der Waals surface area contributed by atoms with Gasteiger partial charge >= 0.3 is 0 Å². The number of carbonyl (C=O) groups is 2. The van der Waals surface area contributed by atoms with E-state index in [9.17, 15) is 18.4 Å². The van der Waals surface area contributed by atoms with Crippen molar-refractivity contribution < 1.29 is 32.3 Å². The Hall–Kier alpha value is -4.77. The highest BCUT2D eigenvalue weighted by Crippen LogP contribution is 2.34. The molecule has 1 saturated heterocycles. The summed E-state index contributed by atoms with van der Waals surface area (Å²) in [5.74, 6) is -4.59. The third-order valence-electron chi connectivity index (χ3n) is 7.58. The molecule has 224 valence electrons. The summed E-state index contributed by atoms with van der Waals surface area (Å²) in [6.45, 7) is 10.4. The molecule has 11 heteroatoms. The average Bonchev–Trinajstić information content (AvgIpc) is 3.45. The highest BCUT2D eigenvalue weighted by atomic mass is 19.1. The lowest BCUT2D eigenvalue weighted by Gasteiger charge is -2.35. The zero-order valence-electron chi connectivity index (χ0n) is 24.2. The SMILES string of the molecule is C=CC(=O)Nc1cc(N2CCN(CC)CC2)ccc1Cc1cc2cc(C(=O)c3c(F)c(OC)cc(OC)c3F)oc2cn1. The number of amides is 1. The molecule has 3 heterocycles. The molecule has 1 N–H and O–H groups in total. The number of methoxy groups -OCH3 is 2. The molecule has 1 fully saturated rings. The predicted molar refractivity (Wildman–Crippen MR) is 159 cm³/mol. The number of hydrogen-bond acceptors (Lipinski definition) is 8. The first kappa shape index (κ1) is 29.7. The summed E-state index contributed by atoms with van der Waals surface area (Å²) in [5.41, 5.74) is 2.53. The molecular weight excluding hydrogens is 558 g/mol. The Kier molecular flexibility index (Phi) is 8.72. The second kappa shape index (κ2) is 12.6. The van der Waals surface area contributed by atoms with Crippen molar-refractivity contribution in [3.63, 3.8) is 0 Å². The van der Waals surface area contributed by atoms with Crippen LogP contribution >= 0.6 is 0 Å². The number of ether oxygens (including phenoxy) is 2. The van der Waals surface area contributed by atoms with Crippen LogP contribution < -0.4 is 19.7 Å². The van der Waals surface area contributed by atoms with Crippen molar-refractivity contribution in [3.05, 3.63) is 89.5 Å². The molecule has 0 bridgehead atoms. The van der Waals surface area contributed by atoms with Gasteiger partial charge in [-0.05, 0) is 42.4 Å². The van der Waals surface area contributed by atoms with Crippen molar-refractivity contribution in [2.75, 3.05) is 57.2 Å². The summed E-state index contributed by atoms with van der Waals surface area (Å²) in [5, 5.41) is 3.43. The molecule has 0 aliphatic carbocycles. The number of likely N-dealkylation sites (N-methyl/N-ethyl adjacent to an activating group) is 1. The van der Waals surface area contributed by atoms with Gasteiger partial charge < -0.3 is 29.0 Å². The molecule has 9 nitrogen and oxygen atoms in total. The van der Waals surface area contributed by atoms with Crippen molar-refractivity contribution in [3.8, 4) is 11.5 Å². The zero-order chi connectivity index (χ0) is 30.7. The number of nitrogens with zero attached hydrogens (tertiary/aromatic N) is 3. The van der Waals surface area contributed by atoms with Gasteiger partial charge in [-0.15, -0.1) is 0 Å². The van der Waals surface area contributed by atoms with Crippen LogP contribution in [0.15, 0.2) is 59.7 Å². The highest BCUT2D eigenvalue weighted by molar-refractivity contribution is 6.09. The van der Waals surface area contributed by atoms with Crippen LogP contribution in [-0.4, -0.2) is 68.5 Å². The Labute approximate surface area is 247 Å². The van der Waals surface area contributed by atoms with Crippen LogP contribution in [0.3, 0.4) is 0 Å². The number of hydrogen-bond donors (Lipinski definition) is 1. The second-order valence-electron chi connectivity index (χ2n) is 10.1. The van der Waals surface area contributed by atoms with Gasteiger partial charge in [0.2, 0.25) is 11.7 Å². The van der Waals surface area contributed by atoms with Crippen LogP contribution in [0.5, 0.6) is 11.5 Å². The van der Waals surface area contributed by atoms with Gasteiger partial charge in [-0.1, -0.05) is 19.6 Å². The number of anilines is 2. The first-order valence-corrected chi connectivity index (χ1v) is 13.8. The quantitative estimate of drug-likeness (QED) is 0.199. The van der Waals surface area contributed by atoms with E-state index in [1.165, 1.54) is 32.6 Å². The zero-order valence-corrected chi connectivity index (χ0v) is 24.2. The summed E-state index contributed by atoms with van der Waals surface area (Å²) in [6.07, 6.45) is 3.02. The van der Waals surface area contributed by atoms with E-state index in [-0.39, 0.29) is 28.7 Å². The van der Waals surface area contributed by atoms with Gasteiger partial charge in [-0.2, -0.15) is 0 Å². The van der Waals surface area contributed by atoms with Gasteiger partial charge in [0.1, 0.15) is 5.56 Å². The van der Waals surface area contributed by atoms with E-state index < -0.39 is 23.0 Å². The molecule has 5 rings (SSSR count). The minimum Gasteiger partial charge on any atom is -0.494 e. The maximum atomic E-state index is 14.9. The minimum atomic E-state index is -1.16. The Morgan fingerprint density at radius 2 is 1.74 bits per heavy atom. The summed E-state index contributed by atoms with van der Waals surface area (Å²) in [7, 11) is 2.40. The van der Waals surface area contributed by atoms with Crippen LogP contribution in [0.4, 0.5) is 20.2 Å². The third kappa shape index (κ3) is 6.07. The lowest BCUT2D eigenvalue weighted by Crippen LogP contribution is -2.46. The molecule has 0 saturated carbocycles. The molecule has 2 aromatic heterocycles. The summed E-state index contributed by atoms with van der Waals surface area (Å²) < 4.78 is 45.4. The molecule has 0 atom stereocenters. The molecule has 0 unspecified atom stereocenters. The van der Waals surface area contributed by atoms with Crippen molar-refractivity contribution in [2.24, 2.45) is 0 Å². The number of furan rings is 1. The number of rotatable bonds is 10. The Bertz CT molecular complexity index is 1670. The number of halogens is 2. The maximum absolute atomic E-state index is 14.9. The van der Waals surface area contributed by atoms with Crippen molar-refractivity contribution >= 4 is 34.0 Å². The minimum absolute atomic E-state index is 0.268. The monoisotopic (exact) mass is 590 g/mol. The molecule has 43 heavy (non-hydrogen) atoms. The molecule has 0 radical (unpaired) electrons. The van der Waals surface area contributed by atoms with Gasteiger partial charge in [0.05, 0.1) is 20.4 Å². The van der Waals surface area contributed by atoms with E-state index in [0.29, 0.717) is 23.2 Å². The number of pyridine rings is 1. The summed E-state index contributed by atoms with van der Waals surface area (Å²) in [4.78, 5) is 34.6. The van der Waals surface area contributed by atoms with Crippen LogP contribution in [-0.2, 0) is 11.2 Å². The second-order valence-corrected chi connectivity index (χ2v) is 10.1. The smallest absolute Gasteiger partial charge is 0.247 e. The van der Waals surface area contributed by atoms with Gasteiger partial charge in [-0.25, -0.2) is 8.78 Å². The number of piperazine rings is 1. The van der Waals surface area contributed by atoms with E-state index in [1.54, 1.807) is 6.07 Å². The molecule has 4 aromatic rings. The van der Waals surface area contributed by atoms with Crippen molar-refractivity contribution in [1.82, 2.24) is 9.88 Å². The topological polar surface area (TPSA) is 97.1 Å². The maximum Gasteiger partial charge on any atom is 0.247 e. The van der Waals surface area contributed by atoms with E-state index in [2.05, 4.69) is 33.6 Å². The van der Waals surface area contributed by atoms with Gasteiger partial charge in [0.25, 0.3) is 0 Å². The van der Waals surface area contributed by atoms with Crippen molar-refractivity contribution in [2.45, 2.75) is 13.3 Å². The van der Waals surface area contributed by atoms with Crippen LogP contribution in [0, 0.1) is 11.6 Å². The fourth-order valence-corrected chi connectivity index (χ4v) is 5.14. The van der Waals surface area contributed by atoms with Gasteiger partial charge in [0.15, 0.2) is 34.5 Å². The van der Waals surface area contributed by atoms with Crippen LogP contribution in [0.2, 0.25) is 0 Å². The van der Waals surface area contributed by atoms with E-state index in [0.717, 1.165) is 50.0 Å². The fraction of sp³-hybridized carbons (Fsp3) is 0.281. The standard InChI is InChI=1S/C32H32F2N4O5/c1-5-28(39)36-23-16-22(38-11-9-37(6-2)10-12-38)8-7-19(23)13-21-14-20-15-26(43-27(20)18-35-21)32(40)29-30(33)24(41-3)17-25(42-4)31(29)34/h5,7-8,14-18H,1,6,9-13H2,2-4H3,(H,36,39). The van der Waals surface area contributed by atoms with Crippen LogP contribution in [0.25, 0.3) is 11.0 Å². The lowest BCUT2D eigenvalue weighted by molar-refractivity contribution is -0.111. The Morgan fingerprint density at radius 3 is 2.37 bits per heavy atom. The number of nitrogens with one attached hydrogen (secondary N) is 1. The largest absolute Gasteiger partial charge is 0.494 e. The van der Waals surface area contributed by atoms with E-state index in [1.807, 2.05) is 18.2 Å². The number of carbonyl (C=O) groups excluding carboxylic acids is 2. The Balaban J connectivity index is 1.43. The van der Waals surface area contributed by atoms with E-state index >= 15 is 0 Å². The van der Waals surface area contributed by atoms with Crippen molar-refractivity contribution in [1.29, 1.82) is 0 Å². The Morgan fingerprint density at radius 1 is 1.05 bits per heavy atom. The number of benzene rings is 2. The van der Waals surface area contributed by atoms with Gasteiger partial charge in [-0.3, -0.25) is 14.6 Å². The normalized spacial score (nSPS) is 13.7. The molecule has 2 aromatic carbocycles. The average molecular weight is 591 g/mol. The molecule has 0 spiro atoms. The van der Waals surface area contributed by atoms with Crippen LogP contribution in [0.1, 0.15) is 34.3 Å².